The summed E-state index contributed by atoms with van der Waals surface area (Å²) in [6.45, 7) is 5.20. The zero-order valence-corrected chi connectivity index (χ0v) is 20.8. The lowest BCUT2D eigenvalue weighted by Crippen LogP contribution is -2.46. The van der Waals surface area contributed by atoms with Gasteiger partial charge < -0.3 is 24.2 Å². The van der Waals surface area contributed by atoms with E-state index in [-0.39, 0.29) is 18.7 Å². The molecule has 184 valence electrons. The van der Waals surface area contributed by atoms with E-state index in [2.05, 4.69) is 57.2 Å². The van der Waals surface area contributed by atoms with Gasteiger partial charge in [0.15, 0.2) is 0 Å². The van der Waals surface area contributed by atoms with Gasteiger partial charge in [0, 0.05) is 55.9 Å². The molecule has 1 amide bonds. The smallest absolute Gasteiger partial charge is 0.410 e. The van der Waals surface area contributed by atoms with E-state index < -0.39 is 0 Å². The molecule has 0 saturated carbocycles. The molecule has 3 aromatic rings. The highest BCUT2D eigenvalue weighted by Gasteiger charge is 2.27. The lowest BCUT2D eigenvalue weighted by molar-refractivity contribution is 0.0854. The van der Waals surface area contributed by atoms with Gasteiger partial charge in [-0.25, -0.2) is 14.8 Å². The molecule has 2 aliphatic heterocycles. The molecular weight excluding hydrogens is 462 g/mol. The lowest BCUT2D eigenvalue weighted by Gasteiger charge is -2.37. The second-order valence-corrected chi connectivity index (χ2v) is 9.58. The number of carbonyl (C=O) groups is 1. The number of benzene rings is 1. The van der Waals surface area contributed by atoms with Gasteiger partial charge in [0.1, 0.15) is 12.4 Å². The Bertz CT molecular complexity index is 1110. The van der Waals surface area contributed by atoms with E-state index in [1.807, 2.05) is 12.4 Å². The van der Waals surface area contributed by atoms with E-state index in [1.165, 1.54) is 17.0 Å². The fraction of sp³-hybridized carbons (Fsp3) is 0.423. The number of ether oxygens (including phenoxy) is 2. The number of anilines is 2. The quantitative estimate of drug-likeness (QED) is 0.508. The van der Waals surface area contributed by atoms with E-state index in [0.29, 0.717) is 0 Å². The van der Waals surface area contributed by atoms with E-state index in [0.717, 1.165) is 75.0 Å². The third-order valence-electron chi connectivity index (χ3n) is 6.72. The fourth-order valence-electron chi connectivity index (χ4n) is 4.70. The molecule has 2 aromatic heterocycles. The summed E-state index contributed by atoms with van der Waals surface area (Å²) in [7, 11) is 1.82. The van der Waals surface area contributed by atoms with Crippen LogP contribution in [0.1, 0.15) is 18.5 Å². The molecule has 35 heavy (non-hydrogen) atoms. The monoisotopic (exact) mass is 493 g/mol. The Kier molecular flexibility index (Phi) is 7.44. The number of amides is 1. The third-order valence-corrected chi connectivity index (χ3v) is 7.35. The summed E-state index contributed by atoms with van der Waals surface area (Å²) in [6, 6.07) is 14.9. The number of pyridine rings is 1. The van der Waals surface area contributed by atoms with E-state index in [9.17, 15) is 4.79 Å². The van der Waals surface area contributed by atoms with Gasteiger partial charge in [0.05, 0.1) is 30.1 Å². The number of nitrogens with zero attached hydrogens (tertiary/aromatic N) is 5. The molecule has 2 fully saturated rings. The van der Waals surface area contributed by atoms with E-state index in [1.54, 1.807) is 10.4 Å². The molecular formula is C26H31N5O3S. The first-order valence-corrected chi connectivity index (χ1v) is 13.0. The standard InChI is InChI=1S/C26H31N5O3S/c1-29(26(32)34-17-20-18-35-19-27-20)21-9-11-31(12-10-21)25-8-4-6-23(28-25)22-5-2-3-7-24(22)30-13-15-33-16-14-30/h2-8,18-19,21H,9-17H2,1H3. The molecule has 0 N–H and O–H groups in total. The van der Waals surface area contributed by atoms with Crippen LogP contribution in [0.2, 0.25) is 0 Å². The summed E-state index contributed by atoms with van der Waals surface area (Å²) in [4.78, 5) is 28.1. The van der Waals surface area contributed by atoms with Crippen LogP contribution in [0, 0.1) is 0 Å². The molecule has 2 saturated heterocycles. The number of aromatic nitrogens is 2. The predicted molar refractivity (Wildman–Crippen MR) is 138 cm³/mol. The minimum Gasteiger partial charge on any atom is -0.443 e. The van der Waals surface area contributed by atoms with Crippen LogP contribution in [0.4, 0.5) is 16.3 Å². The number of morpholine rings is 1. The Morgan fingerprint density at radius 3 is 2.66 bits per heavy atom. The highest BCUT2D eigenvalue weighted by Crippen LogP contribution is 2.32. The van der Waals surface area contributed by atoms with Crippen molar-refractivity contribution in [1.82, 2.24) is 14.9 Å². The first-order valence-electron chi connectivity index (χ1n) is 12.1. The Balaban J connectivity index is 1.22. The van der Waals surface area contributed by atoms with Crippen molar-refractivity contribution in [2.24, 2.45) is 0 Å². The molecule has 0 unspecified atom stereocenters. The van der Waals surface area contributed by atoms with Crippen molar-refractivity contribution in [3.05, 3.63) is 59.0 Å². The predicted octanol–water partition coefficient (Wildman–Crippen LogP) is 4.28. The maximum atomic E-state index is 12.5. The van der Waals surface area contributed by atoms with Crippen molar-refractivity contribution in [1.29, 1.82) is 0 Å². The highest BCUT2D eigenvalue weighted by molar-refractivity contribution is 7.07. The number of rotatable bonds is 6. The summed E-state index contributed by atoms with van der Waals surface area (Å²) in [5.74, 6) is 0.978. The summed E-state index contributed by atoms with van der Waals surface area (Å²) in [5, 5.41) is 1.90. The molecule has 9 heteroatoms. The van der Waals surface area contributed by atoms with Crippen LogP contribution in [0.25, 0.3) is 11.3 Å². The van der Waals surface area contributed by atoms with Gasteiger partial charge in [-0.2, -0.15) is 0 Å². The zero-order valence-electron chi connectivity index (χ0n) is 20.0. The van der Waals surface area contributed by atoms with Crippen LogP contribution in [0.3, 0.4) is 0 Å². The Labute approximate surface area is 210 Å². The van der Waals surface area contributed by atoms with Crippen molar-refractivity contribution >= 4 is 28.9 Å². The van der Waals surface area contributed by atoms with Gasteiger partial charge in [-0.1, -0.05) is 24.3 Å². The third kappa shape index (κ3) is 5.57. The molecule has 0 bridgehead atoms. The number of hydrogen-bond acceptors (Lipinski definition) is 8. The normalized spacial score (nSPS) is 16.8. The number of para-hydroxylation sites is 1. The lowest BCUT2D eigenvalue weighted by atomic mass is 10.0. The van der Waals surface area contributed by atoms with Gasteiger partial charge in [-0.05, 0) is 31.0 Å². The second kappa shape index (κ2) is 11.0. The van der Waals surface area contributed by atoms with Crippen molar-refractivity contribution in [3.8, 4) is 11.3 Å². The first-order chi connectivity index (χ1) is 17.2. The molecule has 0 spiro atoms. The second-order valence-electron chi connectivity index (χ2n) is 8.86. The average Bonchev–Trinajstić information content (AvgIpc) is 3.46. The molecule has 4 heterocycles. The summed E-state index contributed by atoms with van der Waals surface area (Å²) in [5.41, 5.74) is 5.86. The molecule has 0 radical (unpaired) electrons. The Morgan fingerprint density at radius 1 is 1.09 bits per heavy atom. The maximum Gasteiger partial charge on any atom is 0.410 e. The van der Waals surface area contributed by atoms with Crippen LogP contribution in [-0.4, -0.2) is 73.4 Å². The van der Waals surface area contributed by atoms with E-state index >= 15 is 0 Å². The van der Waals surface area contributed by atoms with Crippen LogP contribution in [0.5, 0.6) is 0 Å². The minimum absolute atomic E-state index is 0.152. The maximum absolute atomic E-state index is 12.5. The Morgan fingerprint density at radius 2 is 1.89 bits per heavy atom. The zero-order chi connectivity index (χ0) is 24.0. The van der Waals surface area contributed by atoms with Gasteiger partial charge in [-0.15, -0.1) is 11.3 Å². The van der Waals surface area contributed by atoms with Crippen LogP contribution in [-0.2, 0) is 16.1 Å². The molecule has 0 atom stereocenters. The number of hydrogen-bond donors (Lipinski definition) is 0. The van der Waals surface area contributed by atoms with E-state index in [4.69, 9.17) is 14.5 Å². The molecule has 8 nitrogen and oxygen atoms in total. The Hall–Kier alpha value is -3.17. The van der Waals surface area contributed by atoms with Crippen molar-refractivity contribution in [2.75, 3.05) is 56.2 Å². The van der Waals surface area contributed by atoms with Crippen molar-refractivity contribution in [3.63, 3.8) is 0 Å². The summed E-state index contributed by atoms with van der Waals surface area (Å²) < 4.78 is 11.0. The molecule has 2 aliphatic rings. The molecule has 0 aliphatic carbocycles. The van der Waals surface area contributed by atoms with Crippen molar-refractivity contribution < 1.29 is 14.3 Å². The number of thiazole rings is 1. The molecule has 1 aromatic carbocycles. The van der Waals surface area contributed by atoms with Crippen molar-refractivity contribution in [2.45, 2.75) is 25.5 Å². The number of carbonyl (C=O) groups excluding carboxylic acids is 1. The first kappa shape index (κ1) is 23.6. The van der Waals surface area contributed by atoms with Crippen LogP contribution >= 0.6 is 11.3 Å². The topological polar surface area (TPSA) is 71.0 Å². The van der Waals surface area contributed by atoms with Gasteiger partial charge in [0.2, 0.25) is 0 Å². The average molecular weight is 494 g/mol. The van der Waals surface area contributed by atoms with Crippen LogP contribution in [0.15, 0.2) is 53.4 Å². The number of piperidine rings is 1. The fourth-order valence-corrected chi connectivity index (χ4v) is 5.24. The largest absolute Gasteiger partial charge is 0.443 e. The SMILES string of the molecule is CN(C(=O)OCc1cscn1)C1CCN(c2cccc(-c3ccccc3N3CCOCC3)n2)CC1. The van der Waals surface area contributed by atoms with Gasteiger partial charge >= 0.3 is 6.09 Å². The van der Waals surface area contributed by atoms with Gasteiger partial charge in [-0.3, -0.25) is 0 Å². The highest BCUT2D eigenvalue weighted by atomic mass is 32.1. The molecule has 5 rings (SSSR count). The summed E-state index contributed by atoms with van der Waals surface area (Å²) in [6.07, 6.45) is 1.45. The van der Waals surface area contributed by atoms with Crippen LogP contribution < -0.4 is 9.80 Å². The minimum atomic E-state index is -0.295. The van der Waals surface area contributed by atoms with Gasteiger partial charge in [0.25, 0.3) is 0 Å². The summed E-state index contributed by atoms with van der Waals surface area (Å²) >= 11 is 1.50.